The Morgan fingerprint density at radius 2 is 1.76 bits per heavy atom. The second-order valence-corrected chi connectivity index (χ2v) is 8.66. The molecular formula is C23H32N2O2S2. The molecule has 1 heterocycles. The van der Waals surface area contributed by atoms with Gasteiger partial charge < -0.3 is 15.4 Å². The Labute approximate surface area is 184 Å². The maximum Gasteiger partial charge on any atom is 0.340 e. The van der Waals surface area contributed by atoms with Crippen molar-refractivity contribution in [2.75, 3.05) is 19.0 Å². The van der Waals surface area contributed by atoms with Crippen LogP contribution < -0.4 is 10.6 Å². The van der Waals surface area contributed by atoms with E-state index in [1.165, 1.54) is 51.2 Å². The molecule has 0 aliphatic carbocycles. The van der Waals surface area contributed by atoms with Crippen molar-refractivity contribution in [3.8, 4) is 0 Å². The molecule has 0 fully saturated rings. The topological polar surface area (TPSA) is 50.4 Å². The van der Waals surface area contributed by atoms with E-state index in [2.05, 4.69) is 29.7 Å². The summed E-state index contributed by atoms with van der Waals surface area (Å²) in [5.74, 6) is -0.349. The smallest absolute Gasteiger partial charge is 0.340 e. The van der Waals surface area contributed by atoms with Gasteiger partial charge in [0, 0.05) is 17.8 Å². The third-order valence-electron chi connectivity index (χ3n) is 4.70. The largest absolute Gasteiger partial charge is 0.465 e. The number of anilines is 1. The van der Waals surface area contributed by atoms with Gasteiger partial charge in [0.05, 0.1) is 12.7 Å². The Hall–Kier alpha value is -1.92. The van der Waals surface area contributed by atoms with Gasteiger partial charge in [-0.05, 0) is 30.3 Å². The van der Waals surface area contributed by atoms with Crippen LogP contribution in [0.2, 0.25) is 0 Å². The summed E-state index contributed by atoms with van der Waals surface area (Å²) in [5, 5.41) is 7.73. The molecule has 0 radical (unpaired) electrons. The summed E-state index contributed by atoms with van der Waals surface area (Å²) in [6, 6.07) is 12.1. The van der Waals surface area contributed by atoms with Crippen LogP contribution in [0.1, 0.15) is 72.7 Å². The minimum absolute atomic E-state index is 0.349. The molecule has 1 aromatic carbocycles. The van der Waals surface area contributed by atoms with Crippen LogP contribution in [0, 0.1) is 0 Å². The number of thiocarbonyl (C=S) groups is 1. The fourth-order valence-corrected chi connectivity index (χ4v) is 4.46. The number of nitrogens with one attached hydrogen (secondary N) is 2. The van der Waals surface area contributed by atoms with Gasteiger partial charge >= 0.3 is 5.97 Å². The molecule has 29 heavy (non-hydrogen) atoms. The van der Waals surface area contributed by atoms with Gasteiger partial charge in [0.2, 0.25) is 0 Å². The van der Waals surface area contributed by atoms with E-state index in [1.807, 2.05) is 24.3 Å². The van der Waals surface area contributed by atoms with E-state index in [9.17, 15) is 4.79 Å². The number of carbonyl (C=O) groups is 1. The fraction of sp³-hybridized carbons (Fsp3) is 0.478. The van der Waals surface area contributed by atoms with Crippen LogP contribution in [0.25, 0.3) is 0 Å². The van der Waals surface area contributed by atoms with Gasteiger partial charge in [-0.1, -0.05) is 75.8 Å². The van der Waals surface area contributed by atoms with Crippen molar-refractivity contribution in [2.45, 2.75) is 58.3 Å². The maximum absolute atomic E-state index is 12.2. The van der Waals surface area contributed by atoms with Crippen LogP contribution in [-0.4, -0.2) is 24.7 Å². The summed E-state index contributed by atoms with van der Waals surface area (Å²) in [4.78, 5) is 13.3. The lowest BCUT2D eigenvalue weighted by atomic mass is 10.1. The predicted molar refractivity (Wildman–Crippen MR) is 127 cm³/mol. The summed E-state index contributed by atoms with van der Waals surface area (Å²) in [6.07, 6.45) is 9.64. The van der Waals surface area contributed by atoms with Crippen molar-refractivity contribution in [3.63, 3.8) is 0 Å². The first-order valence-electron chi connectivity index (χ1n) is 10.4. The lowest BCUT2D eigenvalue weighted by Crippen LogP contribution is -2.29. The van der Waals surface area contributed by atoms with Crippen molar-refractivity contribution in [3.05, 3.63) is 52.4 Å². The van der Waals surface area contributed by atoms with Crippen molar-refractivity contribution in [2.24, 2.45) is 0 Å². The van der Waals surface area contributed by atoms with Crippen molar-refractivity contribution in [1.82, 2.24) is 5.32 Å². The van der Waals surface area contributed by atoms with E-state index >= 15 is 0 Å². The Morgan fingerprint density at radius 1 is 1.07 bits per heavy atom. The first kappa shape index (κ1) is 23.4. The molecule has 2 rings (SSSR count). The van der Waals surface area contributed by atoms with Gasteiger partial charge in [-0.2, -0.15) is 0 Å². The molecule has 0 unspecified atom stereocenters. The molecule has 0 spiro atoms. The van der Waals surface area contributed by atoms with Crippen LogP contribution in [0.15, 0.2) is 36.4 Å². The zero-order chi connectivity index (χ0) is 20.9. The van der Waals surface area contributed by atoms with E-state index in [-0.39, 0.29) is 5.97 Å². The number of methoxy groups -OCH3 is 1. The number of ether oxygens (including phenoxy) is 1. The number of hydrogen-bond acceptors (Lipinski definition) is 4. The summed E-state index contributed by atoms with van der Waals surface area (Å²) in [5.41, 5.74) is 1.74. The van der Waals surface area contributed by atoms with Gasteiger partial charge in [-0.25, -0.2) is 4.79 Å². The highest BCUT2D eigenvalue weighted by atomic mass is 32.1. The van der Waals surface area contributed by atoms with Crippen molar-refractivity contribution >= 4 is 39.6 Å². The van der Waals surface area contributed by atoms with Gasteiger partial charge in [0.15, 0.2) is 5.11 Å². The number of thiophene rings is 1. The first-order valence-corrected chi connectivity index (χ1v) is 11.7. The molecule has 4 nitrogen and oxygen atoms in total. The van der Waals surface area contributed by atoms with Crippen LogP contribution in [0.4, 0.5) is 5.00 Å². The number of benzene rings is 1. The van der Waals surface area contributed by atoms with Gasteiger partial charge in [-0.3, -0.25) is 0 Å². The normalized spacial score (nSPS) is 10.6. The summed E-state index contributed by atoms with van der Waals surface area (Å²) < 4.78 is 4.94. The lowest BCUT2D eigenvalue weighted by Gasteiger charge is -2.10. The Morgan fingerprint density at radius 3 is 2.45 bits per heavy atom. The van der Waals surface area contributed by atoms with E-state index in [1.54, 1.807) is 11.3 Å². The number of rotatable bonds is 12. The number of hydrogen-bond donors (Lipinski definition) is 2. The van der Waals surface area contributed by atoms with E-state index in [0.717, 1.165) is 29.3 Å². The SMILES string of the molecule is CCCCCCCCCNC(=S)Nc1sc(Cc2ccccc2)cc1C(=O)OC. The minimum atomic E-state index is -0.349. The van der Waals surface area contributed by atoms with Crippen LogP contribution in [-0.2, 0) is 11.2 Å². The van der Waals surface area contributed by atoms with Gasteiger partial charge in [0.25, 0.3) is 0 Å². The minimum Gasteiger partial charge on any atom is -0.465 e. The molecule has 158 valence electrons. The fourth-order valence-electron chi connectivity index (χ4n) is 3.11. The second-order valence-electron chi connectivity index (χ2n) is 7.11. The van der Waals surface area contributed by atoms with E-state index < -0.39 is 0 Å². The lowest BCUT2D eigenvalue weighted by molar-refractivity contribution is 0.0602. The molecule has 0 aliphatic heterocycles. The highest BCUT2D eigenvalue weighted by Crippen LogP contribution is 2.30. The second kappa shape index (κ2) is 13.3. The highest BCUT2D eigenvalue weighted by Gasteiger charge is 2.17. The van der Waals surface area contributed by atoms with E-state index in [4.69, 9.17) is 17.0 Å². The van der Waals surface area contributed by atoms with Crippen molar-refractivity contribution in [1.29, 1.82) is 0 Å². The average Bonchev–Trinajstić information content (AvgIpc) is 3.12. The maximum atomic E-state index is 12.2. The molecule has 0 saturated heterocycles. The van der Waals surface area contributed by atoms with Crippen LogP contribution in [0.3, 0.4) is 0 Å². The molecule has 0 bridgehead atoms. The molecule has 2 N–H and O–H groups in total. The van der Waals surface area contributed by atoms with E-state index in [0.29, 0.717) is 10.7 Å². The standard InChI is InChI=1S/C23H32N2O2S2/c1-3-4-5-6-7-8-12-15-24-23(28)25-21-20(22(26)27-2)17-19(29-21)16-18-13-10-9-11-14-18/h9-11,13-14,17H,3-8,12,15-16H2,1-2H3,(H2,24,25,28). The monoisotopic (exact) mass is 432 g/mol. The first-order chi connectivity index (χ1) is 14.1. The van der Waals surface area contributed by atoms with Crippen LogP contribution in [0.5, 0.6) is 0 Å². The molecular weight excluding hydrogens is 400 g/mol. The molecule has 6 heteroatoms. The molecule has 0 atom stereocenters. The molecule has 0 saturated carbocycles. The molecule has 2 aromatic rings. The summed E-state index contributed by atoms with van der Waals surface area (Å²) in [7, 11) is 1.40. The zero-order valence-corrected chi connectivity index (χ0v) is 19.1. The van der Waals surface area contributed by atoms with Gasteiger partial charge in [0.1, 0.15) is 5.00 Å². The molecule has 0 aliphatic rings. The number of carbonyl (C=O) groups excluding carboxylic acids is 1. The number of unbranched alkanes of at least 4 members (excludes halogenated alkanes) is 6. The Balaban J connectivity index is 1.84. The number of esters is 1. The van der Waals surface area contributed by atoms with Crippen molar-refractivity contribution < 1.29 is 9.53 Å². The third kappa shape index (κ3) is 8.54. The average molecular weight is 433 g/mol. The molecule has 1 aromatic heterocycles. The third-order valence-corrected chi connectivity index (χ3v) is 6.00. The Kier molecular flexibility index (Phi) is 10.7. The van der Waals surface area contributed by atoms with Crippen LogP contribution >= 0.6 is 23.6 Å². The Bertz CT molecular complexity index is 759. The quantitative estimate of drug-likeness (QED) is 0.239. The summed E-state index contributed by atoms with van der Waals surface area (Å²) >= 11 is 6.97. The zero-order valence-electron chi connectivity index (χ0n) is 17.5. The van der Waals surface area contributed by atoms with Gasteiger partial charge in [-0.15, -0.1) is 11.3 Å². The highest BCUT2D eigenvalue weighted by molar-refractivity contribution is 7.80. The summed E-state index contributed by atoms with van der Waals surface area (Å²) in [6.45, 7) is 3.08. The molecule has 0 amide bonds. The predicted octanol–water partition coefficient (Wildman–Crippen LogP) is 6.16.